The van der Waals surface area contributed by atoms with E-state index in [1.165, 1.54) is 13.1 Å². The summed E-state index contributed by atoms with van der Waals surface area (Å²) in [5.41, 5.74) is 0.567. The Morgan fingerprint density at radius 2 is 2.45 bits per heavy atom. The second-order valence-corrected chi connectivity index (χ2v) is 2.55. The molecule has 3 nitrogen and oxygen atoms in total. The first-order valence-corrected chi connectivity index (χ1v) is 3.76. The minimum Gasteiger partial charge on any atom is -0.313 e. The Hall–Kier alpha value is -0.830. The number of nitrogens with zero attached hydrogens (tertiary/aromatic N) is 2. The van der Waals surface area contributed by atoms with Crippen LogP contribution in [0.25, 0.3) is 0 Å². The van der Waals surface area contributed by atoms with E-state index in [4.69, 9.17) is 11.6 Å². The molecule has 0 spiro atoms. The first-order chi connectivity index (χ1) is 5.16. The average molecular weight is 173 g/mol. The van der Waals surface area contributed by atoms with Gasteiger partial charge < -0.3 is 4.57 Å². The first-order valence-electron chi connectivity index (χ1n) is 3.38. The van der Waals surface area contributed by atoms with Gasteiger partial charge in [0, 0.05) is 13.5 Å². The van der Waals surface area contributed by atoms with E-state index in [1.807, 2.05) is 6.92 Å². The first kappa shape index (κ1) is 8.27. The number of hydrogen-bond donors (Lipinski definition) is 0. The summed E-state index contributed by atoms with van der Waals surface area (Å²) >= 11 is 5.69. The molecule has 0 aliphatic carbocycles. The topological polar surface area (TPSA) is 34.9 Å². The Labute approximate surface area is 70.0 Å². The van der Waals surface area contributed by atoms with Gasteiger partial charge in [0.15, 0.2) is 5.78 Å². The van der Waals surface area contributed by atoms with Gasteiger partial charge in [-0.1, -0.05) is 0 Å². The maximum Gasteiger partial charge on any atom is 0.203 e. The molecule has 1 aromatic heterocycles. The Kier molecular flexibility index (Phi) is 2.29. The second kappa shape index (κ2) is 3.05. The quantitative estimate of drug-likeness (QED) is 0.638. The number of hydrogen-bond acceptors (Lipinski definition) is 2. The van der Waals surface area contributed by atoms with E-state index in [2.05, 4.69) is 4.98 Å². The van der Waals surface area contributed by atoms with Crippen molar-refractivity contribution in [2.75, 3.05) is 0 Å². The Balaban J connectivity index is 3.15. The van der Waals surface area contributed by atoms with Crippen LogP contribution in [0.15, 0.2) is 6.20 Å². The average Bonchev–Trinajstić information content (AvgIpc) is 2.30. The van der Waals surface area contributed by atoms with E-state index in [9.17, 15) is 4.79 Å². The highest BCUT2D eigenvalue weighted by molar-refractivity contribution is 6.28. The fraction of sp³-hybridized carbons (Fsp3) is 0.429. The van der Waals surface area contributed by atoms with Crippen LogP contribution in [0.1, 0.15) is 24.3 Å². The molecule has 0 saturated carbocycles. The molecule has 0 aromatic carbocycles. The third kappa shape index (κ3) is 1.43. The van der Waals surface area contributed by atoms with Crippen molar-refractivity contribution in [3.63, 3.8) is 0 Å². The maximum absolute atomic E-state index is 10.9. The molecule has 0 amide bonds. The summed E-state index contributed by atoms with van der Waals surface area (Å²) in [4.78, 5) is 14.7. The molecule has 4 heteroatoms. The zero-order chi connectivity index (χ0) is 8.43. The van der Waals surface area contributed by atoms with Crippen molar-refractivity contribution in [1.82, 2.24) is 9.55 Å². The van der Waals surface area contributed by atoms with E-state index < -0.39 is 0 Å². The van der Waals surface area contributed by atoms with Crippen molar-refractivity contribution >= 4 is 17.4 Å². The molecule has 0 unspecified atom stereocenters. The summed E-state index contributed by atoms with van der Waals surface area (Å²) in [5.74, 6) is -0.00810. The van der Waals surface area contributed by atoms with Crippen molar-refractivity contribution in [1.29, 1.82) is 0 Å². The predicted octanol–water partition coefficient (Wildman–Crippen LogP) is 1.76. The summed E-state index contributed by atoms with van der Waals surface area (Å²) in [5, 5.41) is 0.373. The van der Waals surface area contributed by atoms with Crippen LogP contribution in [0.4, 0.5) is 0 Å². The lowest BCUT2D eigenvalue weighted by Gasteiger charge is -2.01. The van der Waals surface area contributed by atoms with Crippen LogP contribution < -0.4 is 0 Å². The van der Waals surface area contributed by atoms with Gasteiger partial charge in [-0.05, 0) is 18.5 Å². The molecule has 0 fully saturated rings. The maximum atomic E-state index is 10.9. The van der Waals surface area contributed by atoms with Gasteiger partial charge >= 0.3 is 0 Å². The number of aromatic nitrogens is 2. The largest absolute Gasteiger partial charge is 0.313 e. The summed E-state index contributed by atoms with van der Waals surface area (Å²) in [6.45, 7) is 4.09. The zero-order valence-corrected chi connectivity index (χ0v) is 7.22. The monoisotopic (exact) mass is 172 g/mol. The number of halogens is 1. The molecular formula is C7H9ClN2O. The molecule has 0 aliphatic rings. The predicted molar refractivity (Wildman–Crippen MR) is 42.9 cm³/mol. The number of imidazole rings is 1. The standard InChI is InChI=1S/C7H9ClN2O/c1-3-10-6(5(2)11)4-9-7(10)8/h4H,3H2,1-2H3. The van der Waals surface area contributed by atoms with Gasteiger partial charge in [0.2, 0.25) is 5.28 Å². The fourth-order valence-corrected chi connectivity index (χ4v) is 1.19. The molecule has 1 rings (SSSR count). The van der Waals surface area contributed by atoms with Crippen LogP contribution in [0.2, 0.25) is 5.28 Å². The van der Waals surface area contributed by atoms with Crippen molar-refractivity contribution < 1.29 is 4.79 Å². The van der Waals surface area contributed by atoms with E-state index in [-0.39, 0.29) is 5.78 Å². The molecule has 0 bridgehead atoms. The Bertz CT molecular complexity index is 280. The third-order valence-corrected chi connectivity index (χ3v) is 1.79. The summed E-state index contributed by atoms with van der Waals surface area (Å²) in [6.07, 6.45) is 1.49. The van der Waals surface area contributed by atoms with Crippen LogP contribution in [0, 0.1) is 0 Å². The molecule has 0 atom stereocenters. The van der Waals surface area contributed by atoms with Gasteiger partial charge in [-0.15, -0.1) is 0 Å². The van der Waals surface area contributed by atoms with Crippen LogP contribution in [0.5, 0.6) is 0 Å². The van der Waals surface area contributed by atoms with Crippen molar-refractivity contribution in [2.24, 2.45) is 0 Å². The second-order valence-electron chi connectivity index (χ2n) is 2.21. The van der Waals surface area contributed by atoms with Crippen molar-refractivity contribution in [3.05, 3.63) is 17.2 Å². The SMILES string of the molecule is CCn1c(C(C)=O)cnc1Cl. The van der Waals surface area contributed by atoms with Crippen molar-refractivity contribution in [2.45, 2.75) is 20.4 Å². The highest BCUT2D eigenvalue weighted by atomic mass is 35.5. The lowest BCUT2D eigenvalue weighted by Crippen LogP contribution is -2.04. The fourth-order valence-electron chi connectivity index (χ4n) is 0.935. The van der Waals surface area contributed by atoms with E-state index in [1.54, 1.807) is 4.57 Å². The minimum absolute atomic E-state index is 0.00810. The number of ketones is 1. The normalized spacial score (nSPS) is 10.1. The minimum atomic E-state index is -0.00810. The summed E-state index contributed by atoms with van der Waals surface area (Å²) in [6, 6.07) is 0. The highest BCUT2D eigenvalue weighted by Gasteiger charge is 2.09. The molecule has 0 aliphatic heterocycles. The number of carbonyl (C=O) groups excluding carboxylic acids is 1. The molecule has 60 valence electrons. The molecule has 0 saturated heterocycles. The van der Waals surface area contributed by atoms with Gasteiger partial charge in [0.05, 0.1) is 6.20 Å². The van der Waals surface area contributed by atoms with Gasteiger partial charge in [-0.3, -0.25) is 4.79 Å². The van der Waals surface area contributed by atoms with Crippen LogP contribution >= 0.6 is 11.6 Å². The van der Waals surface area contributed by atoms with Gasteiger partial charge in [0.25, 0.3) is 0 Å². The molecule has 0 N–H and O–H groups in total. The van der Waals surface area contributed by atoms with E-state index >= 15 is 0 Å². The molecule has 11 heavy (non-hydrogen) atoms. The molecule has 1 aromatic rings. The lowest BCUT2D eigenvalue weighted by molar-refractivity contribution is 0.100. The smallest absolute Gasteiger partial charge is 0.203 e. The number of rotatable bonds is 2. The molecule has 1 heterocycles. The van der Waals surface area contributed by atoms with E-state index in [0.29, 0.717) is 17.5 Å². The van der Waals surface area contributed by atoms with Crippen molar-refractivity contribution in [3.8, 4) is 0 Å². The molecule has 0 radical (unpaired) electrons. The van der Waals surface area contributed by atoms with Crippen LogP contribution in [0.3, 0.4) is 0 Å². The van der Waals surface area contributed by atoms with Crippen LogP contribution in [-0.4, -0.2) is 15.3 Å². The third-order valence-electron chi connectivity index (χ3n) is 1.48. The highest BCUT2D eigenvalue weighted by Crippen LogP contribution is 2.10. The Morgan fingerprint density at radius 1 is 1.82 bits per heavy atom. The summed E-state index contributed by atoms with van der Waals surface area (Å²) in [7, 11) is 0. The number of carbonyl (C=O) groups is 1. The zero-order valence-electron chi connectivity index (χ0n) is 6.47. The van der Waals surface area contributed by atoms with Gasteiger partial charge in [-0.2, -0.15) is 0 Å². The van der Waals surface area contributed by atoms with E-state index in [0.717, 1.165) is 0 Å². The Morgan fingerprint density at radius 3 is 2.82 bits per heavy atom. The van der Waals surface area contributed by atoms with Crippen LogP contribution in [-0.2, 0) is 6.54 Å². The molecular weight excluding hydrogens is 164 g/mol. The van der Waals surface area contributed by atoms with Gasteiger partial charge in [-0.25, -0.2) is 4.98 Å². The lowest BCUT2D eigenvalue weighted by atomic mass is 10.3. The number of Topliss-reactive ketones (excluding diaryl/α,β-unsaturated/α-hetero) is 1. The van der Waals surface area contributed by atoms with Gasteiger partial charge in [0.1, 0.15) is 5.69 Å². The summed E-state index contributed by atoms with van der Waals surface area (Å²) < 4.78 is 1.67.